The maximum atomic E-state index is 13.1. The SMILES string of the molecule is CN(Cc1cccc(F)c1)c1nc(Cl)ncc1N. The summed E-state index contributed by atoms with van der Waals surface area (Å²) in [5, 5.41) is 0.130. The molecule has 0 fully saturated rings. The van der Waals surface area contributed by atoms with Crippen molar-refractivity contribution in [3.63, 3.8) is 0 Å². The maximum absolute atomic E-state index is 13.1. The molecule has 2 N–H and O–H groups in total. The van der Waals surface area contributed by atoms with Crippen LogP contribution in [0.5, 0.6) is 0 Å². The lowest BCUT2D eigenvalue weighted by Gasteiger charge is -2.19. The molecular formula is C12H12ClFN4. The molecule has 0 saturated carbocycles. The molecule has 0 aliphatic carbocycles. The Morgan fingerprint density at radius 3 is 2.94 bits per heavy atom. The largest absolute Gasteiger partial charge is 0.394 e. The van der Waals surface area contributed by atoms with E-state index < -0.39 is 0 Å². The number of aromatic nitrogens is 2. The molecule has 0 spiro atoms. The van der Waals surface area contributed by atoms with Crippen molar-refractivity contribution in [2.75, 3.05) is 17.7 Å². The van der Waals surface area contributed by atoms with Crippen LogP contribution in [0.3, 0.4) is 0 Å². The first-order chi connectivity index (χ1) is 8.56. The first-order valence-electron chi connectivity index (χ1n) is 5.30. The van der Waals surface area contributed by atoms with Gasteiger partial charge < -0.3 is 10.6 Å². The van der Waals surface area contributed by atoms with E-state index >= 15 is 0 Å². The minimum Gasteiger partial charge on any atom is -0.394 e. The molecule has 6 heteroatoms. The second-order valence-electron chi connectivity index (χ2n) is 3.90. The Labute approximate surface area is 109 Å². The third-order valence-corrected chi connectivity index (χ3v) is 2.62. The fraction of sp³-hybridized carbons (Fsp3) is 0.167. The number of anilines is 2. The van der Waals surface area contributed by atoms with E-state index in [4.69, 9.17) is 17.3 Å². The van der Waals surface area contributed by atoms with E-state index in [1.807, 2.05) is 6.07 Å². The van der Waals surface area contributed by atoms with Crippen molar-refractivity contribution >= 4 is 23.1 Å². The summed E-state index contributed by atoms with van der Waals surface area (Å²) in [5.41, 5.74) is 7.03. The number of nitrogens with two attached hydrogens (primary N) is 1. The lowest BCUT2D eigenvalue weighted by atomic mass is 10.2. The van der Waals surface area contributed by atoms with Gasteiger partial charge in [0.1, 0.15) is 5.82 Å². The molecule has 0 aliphatic heterocycles. The zero-order chi connectivity index (χ0) is 13.1. The Hall–Kier alpha value is -1.88. The van der Waals surface area contributed by atoms with Crippen molar-refractivity contribution in [3.8, 4) is 0 Å². The maximum Gasteiger partial charge on any atom is 0.224 e. The van der Waals surface area contributed by atoms with Gasteiger partial charge in [0.05, 0.1) is 11.9 Å². The molecule has 0 bridgehead atoms. The molecule has 1 aromatic heterocycles. The number of halogens is 2. The number of benzene rings is 1. The molecule has 2 rings (SSSR count). The van der Waals surface area contributed by atoms with Gasteiger partial charge in [0.25, 0.3) is 0 Å². The lowest BCUT2D eigenvalue weighted by molar-refractivity contribution is 0.625. The second kappa shape index (κ2) is 5.18. The van der Waals surface area contributed by atoms with Crippen LogP contribution >= 0.6 is 11.6 Å². The second-order valence-corrected chi connectivity index (χ2v) is 4.24. The van der Waals surface area contributed by atoms with Gasteiger partial charge in [-0.1, -0.05) is 12.1 Å². The van der Waals surface area contributed by atoms with Crippen LogP contribution in [0.1, 0.15) is 5.56 Å². The number of hydrogen-bond donors (Lipinski definition) is 1. The minimum atomic E-state index is -0.269. The van der Waals surface area contributed by atoms with Gasteiger partial charge in [-0.25, -0.2) is 9.37 Å². The van der Waals surface area contributed by atoms with Crippen LogP contribution in [-0.4, -0.2) is 17.0 Å². The predicted molar refractivity (Wildman–Crippen MR) is 70.0 cm³/mol. The van der Waals surface area contributed by atoms with Gasteiger partial charge in [-0.3, -0.25) is 0 Å². The Bertz CT molecular complexity index is 562. The monoisotopic (exact) mass is 266 g/mol. The van der Waals surface area contributed by atoms with Crippen LogP contribution in [0.4, 0.5) is 15.9 Å². The first-order valence-corrected chi connectivity index (χ1v) is 5.67. The van der Waals surface area contributed by atoms with E-state index in [0.717, 1.165) is 5.56 Å². The Morgan fingerprint density at radius 1 is 1.44 bits per heavy atom. The number of nitrogens with zero attached hydrogens (tertiary/aromatic N) is 3. The molecule has 0 amide bonds. The highest BCUT2D eigenvalue weighted by molar-refractivity contribution is 6.28. The summed E-state index contributed by atoms with van der Waals surface area (Å²) < 4.78 is 13.1. The van der Waals surface area contributed by atoms with Crippen LogP contribution in [0.2, 0.25) is 5.28 Å². The van der Waals surface area contributed by atoms with E-state index in [9.17, 15) is 4.39 Å². The predicted octanol–water partition coefficient (Wildman–Crippen LogP) is 2.49. The number of rotatable bonds is 3. The van der Waals surface area contributed by atoms with E-state index in [1.54, 1.807) is 18.0 Å². The van der Waals surface area contributed by atoms with Crippen molar-refractivity contribution in [1.82, 2.24) is 9.97 Å². The van der Waals surface area contributed by atoms with Crippen molar-refractivity contribution in [1.29, 1.82) is 0 Å². The van der Waals surface area contributed by atoms with Gasteiger partial charge in [-0.05, 0) is 29.3 Å². The third-order valence-electron chi connectivity index (χ3n) is 2.44. The van der Waals surface area contributed by atoms with E-state index in [1.165, 1.54) is 18.3 Å². The number of hydrogen-bond acceptors (Lipinski definition) is 4. The molecule has 4 nitrogen and oxygen atoms in total. The Kier molecular flexibility index (Phi) is 3.62. The number of nitrogen functional groups attached to an aromatic ring is 1. The standard InChI is InChI=1S/C12H12ClFN4/c1-18(7-8-3-2-4-9(14)5-8)11-10(15)6-16-12(13)17-11/h2-6H,7,15H2,1H3. The summed E-state index contributed by atoms with van der Waals surface area (Å²) in [7, 11) is 1.81. The molecule has 0 atom stereocenters. The molecule has 0 saturated heterocycles. The van der Waals surface area contributed by atoms with Crippen LogP contribution in [0.25, 0.3) is 0 Å². The normalized spacial score (nSPS) is 10.4. The summed E-state index contributed by atoms with van der Waals surface area (Å²) in [6.45, 7) is 0.481. The molecule has 18 heavy (non-hydrogen) atoms. The molecule has 1 aromatic carbocycles. The molecular weight excluding hydrogens is 255 g/mol. The van der Waals surface area contributed by atoms with Crippen molar-refractivity contribution in [2.24, 2.45) is 0 Å². The highest BCUT2D eigenvalue weighted by atomic mass is 35.5. The quantitative estimate of drug-likeness (QED) is 0.867. The smallest absolute Gasteiger partial charge is 0.224 e. The van der Waals surface area contributed by atoms with Gasteiger partial charge in [0.15, 0.2) is 5.82 Å². The van der Waals surface area contributed by atoms with Crippen molar-refractivity contribution in [2.45, 2.75) is 6.54 Å². The lowest BCUT2D eigenvalue weighted by Crippen LogP contribution is -2.19. The van der Waals surface area contributed by atoms with Gasteiger partial charge in [-0.2, -0.15) is 4.98 Å². The fourth-order valence-electron chi connectivity index (χ4n) is 1.65. The van der Waals surface area contributed by atoms with E-state index in [0.29, 0.717) is 18.1 Å². The van der Waals surface area contributed by atoms with E-state index in [2.05, 4.69) is 9.97 Å². The van der Waals surface area contributed by atoms with E-state index in [-0.39, 0.29) is 11.1 Å². The topological polar surface area (TPSA) is 55.0 Å². The fourth-order valence-corrected chi connectivity index (χ4v) is 1.78. The van der Waals surface area contributed by atoms with Gasteiger partial charge in [0.2, 0.25) is 5.28 Å². The average Bonchev–Trinajstić information content (AvgIpc) is 2.32. The average molecular weight is 267 g/mol. The molecule has 0 radical (unpaired) electrons. The molecule has 1 heterocycles. The third kappa shape index (κ3) is 2.87. The highest BCUT2D eigenvalue weighted by Gasteiger charge is 2.09. The summed E-state index contributed by atoms with van der Waals surface area (Å²) in [4.78, 5) is 9.63. The minimum absolute atomic E-state index is 0.130. The van der Waals surface area contributed by atoms with Crippen LogP contribution in [0.15, 0.2) is 30.5 Å². The summed E-state index contributed by atoms with van der Waals surface area (Å²) in [6, 6.07) is 6.36. The molecule has 94 valence electrons. The summed E-state index contributed by atoms with van der Waals surface area (Å²) in [6.07, 6.45) is 1.45. The van der Waals surface area contributed by atoms with Gasteiger partial charge in [-0.15, -0.1) is 0 Å². The summed E-state index contributed by atoms with van der Waals surface area (Å²) in [5.74, 6) is 0.258. The summed E-state index contributed by atoms with van der Waals surface area (Å²) >= 11 is 5.72. The van der Waals surface area contributed by atoms with Crippen LogP contribution < -0.4 is 10.6 Å². The highest BCUT2D eigenvalue weighted by Crippen LogP contribution is 2.21. The van der Waals surface area contributed by atoms with Crippen LogP contribution in [0, 0.1) is 5.82 Å². The zero-order valence-corrected chi connectivity index (χ0v) is 10.5. The zero-order valence-electron chi connectivity index (χ0n) is 9.77. The van der Waals surface area contributed by atoms with Gasteiger partial charge in [0, 0.05) is 13.6 Å². The van der Waals surface area contributed by atoms with Crippen molar-refractivity contribution in [3.05, 3.63) is 47.1 Å². The Balaban J connectivity index is 2.21. The first kappa shape index (κ1) is 12.6. The molecule has 0 unspecified atom stereocenters. The van der Waals surface area contributed by atoms with Gasteiger partial charge >= 0.3 is 0 Å². The molecule has 0 aliphatic rings. The Morgan fingerprint density at radius 2 is 2.22 bits per heavy atom. The van der Waals surface area contributed by atoms with Crippen LogP contribution in [-0.2, 0) is 6.54 Å². The molecule has 2 aromatic rings. The van der Waals surface area contributed by atoms with Crippen molar-refractivity contribution < 1.29 is 4.39 Å².